The number of ether oxygens (including phenoxy) is 12. The molecule has 0 bridgehead atoms. The molecule has 33 nitrogen and oxygen atoms in total. The number of H-pyrrole nitrogens is 1. The van der Waals surface area contributed by atoms with Gasteiger partial charge in [0.25, 0.3) is 0 Å². The number of pyridine rings is 1. The van der Waals surface area contributed by atoms with Crippen LogP contribution < -0.4 is 59.2 Å². The Morgan fingerprint density at radius 3 is 1.35 bits per heavy atom. The average molecular weight is 1860 g/mol. The third kappa shape index (κ3) is 22.1. The van der Waals surface area contributed by atoms with Gasteiger partial charge >= 0.3 is 0 Å². The van der Waals surface area contributed by atoms with Crippen LogP contribution in [0.5, 0.6) is 69.0 Å². The van der Waals surface area contributed by atoms with Crippen molar-refractivity contribution < 1.29 is 61.9 Å². The van der Waals surface area contributed by atoms with Crippen molar-refractivity contribution in [3.63, 3.8) is 0 Å². The van der Waals surface area contributed by atoms with E-state index in [1.165, 1.54) is 19.0 Å². The fourth-order valence-electron chi connectivity index (χ4n) is 14.8. The standard InChI is InChI=1S/C27H27N5O3.C25H22N6O4.C25H23N5O3.C24H19ClN4O3S/c1-4-32-17-30-24-15-21(7-9-25(24)32)35-26-10-5-19(13-18(26)2)31-27-22-14-20(34-12-11-33-3)6-8-23(22)28-16-29-27;1-15-8-16(2-5-22(15)34-18-6-7-31-24(10-18)27-14-29-31)30-25-19-9-17(3-4-20(19)26-13-28-25)35-23-12-33-11-21(23)32;1-16-11-17(3-8-24(16)33-19-5-7-22-23(13-19)28-14-27-22)30-25-20-12-18(32-10-9-31-2)4-6-21(20)26-15-29-25;1-30-8-9-31-16-3-5-20-18(11-16)24(27-13-26-20)29-15-2-6-22(19(25)10-15)32-17-4-7-23-21(12-17)28-14-33-23/h5-10,13-17H,4,11-12H2,1-3H3,(H,28,29,31);2-10,13-14,21,23,32H,11-12H2,1H3,(H,26,28,30);3-8,11-15H,9-10H2,1-2H3,(H,27,28)(H,26,29,30);2-7,10-14H,8-9H2,1H3,(H,26,27,29)/t;21-,23-;;/m.0../s1. The maximum atomic E-state index is 9.99. The van der Waals surface area contributed by atoms with Crippen molar-refractivity contribution in [1.82, 2.24) is 79.0 Å². The normalized spacial score (nSPS) is 12.8. The smallest absolute Gasteiger partial charge is 0.158 e. The summed E-state index contributed by atoms with van der Waals surface area (Å²) in [6, 6.07) is 67.2. The van der Waals surface area contributed by atoms with Crippen molar-refractivity contribution in [3.8, 4) is 69.0 Å². The van der Waals surface area contributed by atoms with Gasteiger partial charge in [-0.3, -0.25) is 0 Å². The van der Waals surface area contributed by atoms with Gasteiger partial charge in [0, 0.05) is 103 Å². The number of nitrogens with one attached hydrogen (secondary N) is 5. The summed E-state index contributed by atoms with van der Waals surface area (Å²) in [5.74, 6) is 11.2. The molecule has 10 heterocycles. The van der Waals surface area contributed by atoms with Crippen LogP contribution >= 0.6 is 22.9 Å². The van der Waals surface area contributed by atoms with Gasteiger partial charge in [-0.15, -0.1) is 11.3 Å². The van der Waals surface area contributed by atoms with Crippen molar-refractivity contribution in [1.29, 1.82) is 0 Å². The van der Waals surface area contributed by atoms with Gasteiger partial charge in [-0.2, -0.15) is 5.10 Å². The van der Waals surface area contributed by atoms with E-state index in [1.54, 1.807) is 62.2 Å². The molecular formula is C101H91ClN20O13S. The lowest BCUT2D eigenvalue weighted by atomic mass is 10.1. The fraction of sp³-hybridized carbons (Fsp3) is 0.178. The van der Waals surface area contributed by atoms with E-state index in [-0.39, 0.29) is 6.61 Å². The molecule has 21 rings (SSSR count). The van der Waals surface area contributed by atoms with E-state index in [0.717, 1.165) is 168 Å². The van der Waals surface area contributed by atoms with Crippen LogP contribution in [0.2, 0.25) is 5.02 Å². The molecule has 1 aliphatic rings. The minimum absolute atomic E-state index is 0.280. The van der Waals surface area contributed by atoms with Gasteiger partial charge in [-0.05, 0) is 232 Å². The van der Waals surface area contributed by atoms with Crippen LogP contribution in [-0.2, 0) is 25.5 Å². The Labute approximate surface area is 787 Å². The lowest BCUT2D eigenvalue weighted by Gasteiger charge is -2.16. The van der Waals surface area contributed by atoms with Crippen LogP contribution in [0.3, 0.4) is 0 Å². The number of hydrogen-bond acceptors (Lipinski definition) is 31. The third-order valence-electron chi connectivity index (χ3n) is 21.7. The van der Waals surface area contributed by atoms with E-state index in [2.05, 4.69) is 103 Å². The number of rotatable bonds is 31. The van der Waals surface area contributed by atoms with Crippen LogP contribution in [0, 0.1) is 20.8 Å². The molecule has 1 fully saturated rings. The molecule has 0 spiro atoms. The average Bonchev–Trinajstić information content (AvgIpc) is 0.918. The Morgan fingerprint density at radius 1 is 0.412 bits per heavy atom. The van der Waals surface area contributed by atoms with Crippen LogP contribution in [0.4, 0.5) is 46.0 Å². The maximum absolute atomic E-state index is 9.99. The number of aromatic nitrogens is 16. The first-order valence-corrected chi connectivity index (χ1v) is 44.6. The largest absolute Gasteiger partial charge is 0.491 e. The number of thiazole rings is 1. The predicted octanol–water partition coefficient (Wildman–Crippen LogP) is 21.4. The molecule has 9 aromatic heterocycles. The van der Waals surface area contributed by atoms with Gasteiger partial charge in [0.1, 0.15) is 156 Å². The van der Waals surface area contributed by atoms with Crippen molar-refractivity contribution >= 4 is 151 Å². The quantitative estimate of drug-likeness (QED) is 0.0220. The van der Waals surface area contributed by atoms with E-state index < -0.39 is 12.2 Å². The minimum Gasteiger partial charge on any atom is -0.491 e. The zero-order valence-corrected chi connectivity index (χ0v) is 76.3. The molecule has 20 aromatic rings. The topological polar surface area (TPSA) is 372 Å². The monoisotopic (exact) mass is 1860 g/mol. The Kier molecular flexibility index (Phi) is 28.4. The van der Waals surface area contributed by atoms with Crippen LogP contribution in [0.15, 0.2) is 268 Å². The van der Waals surface area contributed by atoms with Gasteiger partial charge in [-0.25, -0.2) is 64.3 Å². The number of aryl methyl sites for hydroxylation is 4. The minimum atomic E-state index is -0.641. The van der Waals surface area contributed by atoms with E-state index in [0.29, 0.717) is 103 Å². The molecule has 0 aliphatic carbocycles. The Morgan fingerprint density at radius 2 is 0.860 bits per heavy atom. The molecule has 11 aromatic carbocycles. The number of hydrogen-bond donors (Lipinski definition) is 6. The summed E-state index contributed by atoms with van der Waals surface area (Å²) in [6.45, 7) is 12.6. The zero-order chi connectivity index (χ0) is 93.2. The number of nitrogens with zero attached hydrogens (tertiary/aromatic N) is 15. The molecule has 1 aliphatic heterocycles. The highest BCUT2D eigenvalue weighted by Crippen LogP contribution is 2.40. The number of halogens is 1. The third-order valence-corrected chi connectivity index (χ3v) is 22.8. The summed E-state index contributed by atoms with van der Waals surface area (Å²) in [4.78, 5) is 55.5. The molecule has 35 heteroatoms. The van der Waals surface area contributed by atoms with Crippen molar-refractivity contribution in [2.75, 3.05) is 95.5 Å². The lowest BCUT2D eigenvalue weighted by Crippen LogP contribution is -2.29. The van der Waals surface area contributed by atoms with Crippen LogP contribution in [0.25, 0.3) is 81.5 Å². The second kappa shape index (κ2) is 42.6. The number of anilines is 8. The number of aromatic amines is 1. The highest BCUT2D eigenvalue weighted by Gasteiger charge is 2.29. The van der Waals surface area contributed by atoms with Crippen LogP contribution in [-0.4, -0.2) is 170 Å². The van der Waals surface area contributed by atoms with E-state index in [9.17, 15) is 5.11 Å². The zero-order valence-electron chi connectivity index (χ0n) is 74.8. The summed E-state index contributed by atoms with van der Waals surface area (Å²) in [5.41, 5.74) is 16.9. The number of imidazole rings is 2. The Bertz CT molecular complexity index is 7410. The lowest BCUT2D eigenvalue weighted by molar-refractivity contribution is 0.0734. The first kappa shape index (κ1) is 90.5. The van der Waals surface area contributed by atoms with E-state index in [4.69, 9.17) is 68.4 Å². The fourth-order valence-corrected chi connectivity index (χ4v) is 15.6. The SMILES string of the molecule is CCn1cnc2cc(Oc3ccc(Nc4ncnc5ccc(OCCOC)cc45)cc3C)ccc21.COCCOc1ccc2ncnc(Nc3ccc(Oc4ccc5nc[nH]c5c4)c(C)c3)c2c1.COCCOc1ccc2ncnc(Nc3ccc(Oc4ccc5scnc5c4)c(Cl)c3)c2c1.Cc1cc(Nc2ncnc3ccc(O[C@H]4COC[C@@H]4O)cc23)ccc1Oc1ccn2ncnc2c1. The van der Waals surface area contributed by atoms with Gasteiger partial charge in [0.2, 0.25) is 0 Å². The number of aliphatic hydroxyl groups excluding tert-OH is 1. The summed E-state index contributed by atoms with van der Waals surface area (Å²) in [7, 11) is 4.94. The molecule has 0 radical (unpaired) electrons. The van der Waals surface area contributed by atoms with Crippen LogP contribution in [0.1, 0.15) is 23.6 Å². The van der Waals surface area contributed by atoms with Gasteiger partial charge in [-0.1, -0.05) is 11.6 Å². The Hall–Kier alpha value is -16.1. The number of benzene rings is 11. The molecule has 136 heavy (non-hydrogen) atoms. The predicted molar refractivity (Wildman–Crippen MR) is 524 cm³/mol. The highest BCUT2D eigenvalue weighted by molar-refractivity contribution is 7.16. The summed E-state index contributed by atoms with van der Waals surface area (Å²) >= 11 is 8.10. The van der Waals surface area contributed by atoms with Crippen molar-refractivity contribution in [3.05, 3.63) is 290 Å². The summed E-state index contributed by atoms with van der Waals surface area (Å²) < 4.78 is 72.8. The number of fused-ring (bicyclic) bond motifs is 8. The van der Waals surface area contributed by atoms with Gasteiger partial charge < -0.3 is 92.8 Å². The van der Waals surface area contributed by atoms with Crippen molar-refractivity contribution in [2.45, 2.75) is 46.4 Å². The first-order valence-electron chi connectivity index (χ1n) is 43.3. The molecule has 0 saturated carbocycles. The molecule has 0 unspecified atom stereocenters. The maximum Gasteiger partial charge on any atom is 0.158 e. The van der Waals surface area contributed by atoms with Gasteiger partial charge in [0.15, 0.2) is 5.65 Å². The summed E-state index contributed by atoms with van der Waals surface area (Å²) in [6.07, 6.45) is 11.9. The molecule has 0 amide bonds. The molecule has 1 saturated heterocycles. The Balaban J connectivity index is 0.000000121. The van der Waals surface area contributed by atoms with Gasteiger partial charge in [0.05, 0.1) is 111 Å². The number of aliphatic hydroxyl groups is 1. The molecule has 6 N–H and O–H groups in total. The second-order valence-corrected chi connectivity index (χ2v) is 32.3. The second-order valence-electron chi connectivity index (χ2n) is 31.1. The summed E-state index contributed by atoms with van der Waals surface area (Å²) in [5, 5.41) is 31.4. The van der Waals surface area contributed by atoms with E-state index >= 15 is 0 Å². The van der Waals surface area contributed by atoms with Crippen molar-refractivity contribution in [2.24, 2.45) is 0 Å². The molecule has 686 valence electrons. The first-order chi connectivity index (χ1) is 66.6. The molecule has 2 atom stereocenters. The molecular weight excluding hydrogens is 1770 g/mol. The van der Waals surface area contributed by atoms with E-state index in [1.807, 2.05) is 245 Å². The number of methoxy groups -OCH3 is 3. The highest BCUT2D eigenvalue weighted by atomic mass is 35.5.